The van der Waals surface area contributed by atoms with Crippen molar-refractivity contribution in [1.29, 1.82) is 0 Å². The smallest absolute Gasteiger partial charge is 0 e. The third kappa shape index (κ3) is 9.11. The second kappa shape index (κ2) is 16.0. The Balaban J connectivity index is 0. The Hall–Kier alpha value is 3.55. The largest absolute Gasteiger partial charge is 0 e. The molecule has 0 rings (SSSR count). The second-order valence-electron chi connectivity index (χ2n) is 0. The van der Waals surface area contributed by atoms with E-state index in [2.05, 4.69) is 0 Å². The summed E-state index contributed by atoms with van der Waals surface area (Å²) >= 11 is 0. The molecule has 4 heavy (non-hydrogen) atoms. The van der Waals surface area contributed by atoms with Gasteiger partial charge in [0.1, 0.15) is 0 Å². The van der Waals surface area contributed by atoms with Gasteiger partial charge in [0.05, 0.1) is 0 Å². The molecule has 0 aromatic heterocycles. The maximum absolute atomic E-state index is 0. The molecule has 0 saturated heterocycles. The van der Waals surface area contributed by atoms with Crippen LogP contribution in [0.3, 0.4) is 0 Å². The first-order valence-electron chi connectivity index (χ1n) is 0. The van der Waals surface area contributed by atoms with E-state index in [9.17, 15) is 0 Å². The summed E-state index contributed by atoms with van der Waals surface area (Å²) in [6.07, 6.45) is 0. The molecule has 2 radical (unpaired) electrons. The van der Waals surface area contributed by atoms with Gasteiger partial charge in [-0.2, -0.15) is 0 Å². The van der Waals surface area contributed by atoms with Crippen molar-refractivity contribution in [3.05, 3.63) is 0 Å². The van der Waals surface area contributed by atoms with Gasteiger partial charge in [-0.3, -0.25) is 0 Å². The first kappa shape index (κ1) is 25.7. The molecule has 20 valence electrons. The van der Waals surface area contributed by atoms with E-state index in [-0.39, 0.29) is 110 Å². The van der Waals surface area contributed by atoms with Crippen LogP contribution in [0, 0.1) is 0 Å². The first-order valence-corrected chi connectivity index (χ1v) is 0. The average molecular weight is 335 g/mol. The number of hydrogen-bond donors (Lipinski definition) is 0. The molecule has 0 bridgehead atoms. The fraction of sp³-hybridized carbons (Fsp3) is 0. The molecule has 0 unspecified atom stereocenters. The zero-order chi connectivity index (χ0) is 0. The van der Waals surface area contributed by atoms with Crippen molar-refractivity contribution in [2.24, 2.45) is 0 Å². The van der Waals surface area contributed by atoms with E-state index in [1.54, 1.807) is 0 Å². The minimum absolute atomic E-state index is 0. The van der Waals surface area contributed by atoms with Crippen LogP contribution < -0.4 is 0 Å². The summed E-state index contributed by atoms with van der Waals surface area (Å²) in [5.74, 6) is 0. The number of hydrogen-bond acceptors (Lipinski definition) is 0. The van der Waals surface area contributed by atoms with Crippen molar-refractivity contribution in [2.45, 2.75) is 0 Å². The van der Waals surface area contributed by atoms with Gasteiger partial charge in [-0.15, -0.1) is 0 Å². The molecule has 0 fully saturated rings. The summed E-state index contributed by atoms with van der Waals surface area (Å²) < 4.78 is 0. The van der Waals surface area contributed by atoms with E-state index in [1.807, 2.05) is 0 Å². The Bertz CT molecular complexity index is 8.00. The SMILES string of the molecule is [BaH2].[Mn].[Nb].[Ti]. The van der Waals surface area contributed by atoms with Crippen molar-refractivity contribution in [2.75, 3.05) is 0 Å². The summed E-state index contributed by atoms with van der Waals surface area (Å²) in [7, 11) is 0. The van der Waals surface area contributed by atoms with Crippen LogP contribution in [0.5, 0.6) is 0 Å². The van der Waals surface area contributed by atoms with Crippen molar-refractivity contribution < 1.29 is 61.2 Å². The van der Waals surface area contributed by atoms with Crippen LogP contribution in [0.25, 0.3) is 0 Å². The van der Waals surface area contributed by atoms with Crippen LogP contribution in [-0.4, -0.2) is 48.9 Å². The molecule has 0 aliphatic carbocycles. The zero-order valence-electron chi connectivity index (χ0n) is 1.33. The van der Waals surface area contributed by atoms with Crippen molar-refractivity contribution >= 4 is 48.9 Å². The summed E-state index contributed by atoms with van der Waals surface area (Å²) in [5, 5.41) is 0. The van der Waals surface area contributed by atoms with E-state index in [0.717, 1.165) is 0 Å². The third-order valence-electron chi connectivity index (χ3n) is 0. The van der Waals surface area contributed by atoms with Gasteiger partial charge in [0, 0.05) is 61.2 Å². The van der Waals surface area contributed by atoms with Gasteiger partial charge in [0.25, 0.3) is 0 Å². The summed E-state index contributed by atoms with van der Waals surface area (Å²) in [5.41, 5.74) is 0. The molecular weight excluding hydrogens is 333 g/mol. The molecule has 0 amide bonds. The maximum Gasteiger partial charge on any atom is 0 e. The van der Waals surface area contributed by atoms with Gasteiger partial charge in [0.15, 0.2) is 0 Å². The Kier molecular flexibility index (Phi) is 103. The molecule has 0 spiro atoms. The monoisotopic (exact) mass is 336 g/mol. The van der Waals surface area contributed by atoms with Crippen LogP contribution in [0.2, 0.25) is 0 Å². The van der Waals surface area contributed by atoms with E-state index < -0.39 is 0 Å². The van der Waals surface area contributed by atoms with E-state index in [1.165, 1.54) is 0 Å². The molecule has 0 saturated carbocycles. The number of rotatable bonds is 0. The van der Waals surface area contributed by atoms with Gasteiger partial charge in [0.2, 0.25) is 0 Å². The van der Waals surface area contributed by atoms with Crippen molar-refractivity contribution in [1.82, 2.24) is 0 Å². The quantitative estimate of drug-likeness (QED) is 0.503. The molecule has 0 N–H and O–H groups in total. The fourth-order valence-corrected chi connectivity index (χ4v) is 0. The van der Waals surface area contributed by atoms with Crippen LogP contribution >= 0.6 is 0 Å². The fourth-order valence-electron chi connectivity index (χ4n) is 0. The molecule has 0 aromatic carbocycles. The minimum Gasteiger partial charge on any atom is 0 e. The topological polar surface area (TPSA) is 0 Å². The predicted octanol–water partition coefficient (Wildman–Crippen LogP) is -0.924. The van der Waals surface area contributed by atoms with Gasteiger partial charge in [-0.25, -0.2) is 0 Å². The summed E-state index contributed by atoms with van der Waals surface area (Å²) in [4.78, 5) is 0. The van der Waals surface area contributed by atoms with Gasteiger partial charge in [-0.05, 0) is 0 Å². The molecule has 0 aliphatic rings. The molecule has 0 aromatic rings. The first-order chi connectivity index (χ1) is 0. The van der Waals surface area contributed by atoms with E-state index >= 15 is 0 Å². The summed E-state index contributed by atoms with van der Waals surface area (Å²) in [6, 6.07) is 0. The Labute approximate surface area is 107 Å². The van der Waals surface area contributed by atoms with Crippen LogP contribution in [0.4, 0.5) is 0 Å². The van der Waals surface area contributed by atoms with Gasteiger partial charge < -0.3 is 0 Å². The van der Waals surface area contributed by atoms with Crippen LogP contribution in [0.1, 0.15) is 0 Å². The summed E-state index contributed by atoms with van der Waals surface area (Å²) in [6.45, 7) is 0. The standard InChI is InChI=1S/Ba.Mn.Nb.Ti.2H. The second-order valence-corrected chi connectivity index (χ2v) is 0. The Morgan fingerprint density at radius 2 is 1.00 bits per heavy atom. The van der Waals surface area contributed by atoms with Gasteiger partial charge >= 0.3 is 48.9 Å². The predicted molar refractivity (Wildman–Crippen MR) is 8.54 cm³/mol. The van der Waals surface area contributed by atoms with Gasteiger partial charge in [-0.1, -0.05) is 0 Å². The molecule has 0 heterocycles. The van der Waals surface area contributed by atoms with Crippen molar-refractivity contribution in [3.63, 3.8) is 0 Å². The van der Waals surface area contributed by atoms with Crippen LogP contribution in [0.15, 0.2) is 0 Å². The molecule has 0 aliphatic heterocycles. The Morgan fingerprint density at radius 3 is 1.00 bits per heavy atom. The minimum atomic E-state index is 0. The molecule has 0 nitrogen and oxygen atoms in total. The van der Waals surface area contributed by atoms with Crippen LogP contribution in [-0.2, 0) is 61.2 Å². The molecular formula is H2BaMnNbTi. The third-order valence-corrected chi connectivity index (χ3v) is 0. The average Bonchev–Trinajstić information content (AvgIpc) is 0. The zero-order valence-corrected chi connectivity index (χ0v) is 6.27. The van der Waals surface area contributed by atoms with Crippen molar-refractivity contribution in [3.8, 4) is 0 Å². The molecule has 4 heteroatoms. The molecule has 0 atom stereocenters. The maximum atomic E-state index is 0. The van der Waals surface area contributed by atoms with E-state index in [4.69, 9.17) is 0 Å². The van der Waals surface area contributed by atoms with E-state index in [0.29, 0.717) is 0 Å². The Morgan fingerprint density at radius 1 is 1.00 bits per heavy atom. The normalized spacial score (nSPS) is 0.